The maximum atomic E-state index is 12.6. The fourth-order valence-electron chi connectivity index (χ4n) is 3.66. The van der Waals surface area contributed by atoms with Crippen LogP contribution in [0.15, 0.2) is 65.1 Å². The minimum absolute atomic E-state index is 0.0756. The predicted molar refractivity (Wildman–Crippen MR) is 136 cm³/mol. The summed E-state index contributed by atoms with van der Waals surface area (Å²) in [5.74, 6) is 0.130. The maximum absolute atomic E-state index is 12.6. The zero-order valence-corrected chi connectivity index (χ0v) is 20.8. The smallest absolute Gasteiger partial charge is 0.287 e. The van der Waals surface area contributed by atoms with Gasteiger partial charge in [0.1, 0.15) is 11.8 Å². The van der Waals surface area contributed by atoms with Crippen molar-refractivity contribution in [3.63, 3.8) is 0 Å². The van der Waals surface area contributed by atoms with Crippen molar-refractivity contribution < 1.29 is 18.8 Å². The number of carbonyl (C=O) groups is 3. The second kappa shape index (κ2) is 11.5. The first-order valence-corrected chi connectivity index (χ1v) is 11.8. The molecule has 2 aromatic carbocycles. The maximum Gasteiger partial charge on any atom is 0.287 e. The average molecular weight is 476 g/mol. The largest absolute Gasteiger partial charge is 0.451 e. The summed E-state index contributed by atoms with van der Waals surface area (Å²) in [5, 5.41) is 8.23. The minimum Gasteiger partial charge on any atom is -0.451 e. The highest BCUT2D eigenvalue weighted by atomic mass is 16.4. The van der Waals surface area contributed by atoms with Crippen molar-refractivity contribution in [1.82, 2.24) is 16.0 Å². The fourth-order valence-corrected chi connectivity index (χ4v) is 3.66. The van der Waals surface area contributed by atoms with Gasteiger partial charge in [-0.1, -0.05) is 58.0 Å². The highest BCUT2D eigenvalue weighted by Gasteiger charge is 2.25. The van der Waals surface area contributed by atoms with E-state index in [4.69, 9.17) is 4.42 Å². The molecule has 0 saturated heterocycles. The third kappa shape index (κ3) is 6.59. The molecule has 0 spiro atoms. The number of hydrogen-bond acceptors (Lipinski definition) is 4. The quantitative estimate of drug-likeness (QED) is 0.424. The van der Waals surface area contributed by atoms with Gasteiger partial charge in [0.25, 0.3) is 11.8 Å². The van der Waals surface area contributed by atoms with E-state index < -0.39 is 11.9 Å². The lowest BCUT2D eigenvalue weighted by Gasteiger charge is -2.19. The van der Waals surface area contributed by atoms with Gasteiger partial charge in [0.2, 0.25) is 5.91 Å². The molecule has 0 aliphatic rings. The summed E-state index contributed by atoms with van der Waals surface area (Å²) < 4.78 is 5.77. The van der Waals surface area contributed by atoms with Gasteiger partial charge < -0.3 is 20.4 Å². The first-order valence-electron chi connectivity index (χ1n) is 11.8. The summed E-state index contributed by atoms with van der Waals surface area (Å²) in [7, 11) is 1.53. The molecule has 0 fully saturated rings. The lowest BCUT2D eigenvalue weighted by Crippen LogP contribution is -2.48. The zero-order valence-electron chi connectivity index (χ0n) is 20.8. The Kier molecular flexibility index (Phi) is 8.47. The molecule has 1 heterocycles. The average Bonchev–Trinajstić information content (AvgIpc) is 3.36. The number of hydrogen-bond donors (Lipinski definition) is 3. The number of benzene rings is 2. The van der Waals surface area contributed by atoms with Gasteiger partial charge in [-0.3, -0.25) is 14.4 Å². The lowest BCUT2D eigenvalue weighted by molar-refractivity contribution is -0.123. The van der Waals surface area contributed by atoms with Crippen molar-refractivity contribution in [2.45, 2.75) is 46.2 Å². The van der Waals surface area contributed by atoms with Crippen LogP contribution in [0.5, 0.6) is 0 Å². The van der Waals surface area contributed by atoms with Crippen LogP contribution in [0, 0.1) is 5.92 Å². The van der Waals surface area contributed by atoms with E-state index in [0.29, 0.717) is 23.8 Å². The van der Waals surface area contributed by atoms with Gasteiger partial charge in [-0.2, -0.15) is 0 Å². The first-order chi connectivity index (χ1) is 16.7. The van der Waals surface area contributed by atoms with Crippen molar-refractivity contribution in [2.24, 2.45) is 5.92 Å². The Morgan fingerprint density at radius 3 is 2.23 bits per heavy atom. The molecule has 184 valence electrons. The summed E-state index contributed by atoms with van der Waals surface area (Å²) >= 11 is 0. The minimum atomic E-state index is -0.658. The van der Waals surface area contributed by atoms with Crippen LogP contribution in [0.1, 0.15) is 65.7 Å². The van der Waals surface area contributed by atoms with Gasteiger partial charge >= 0.3 is 0 Å². The topological polar surface area (TPSA) is 100 Å². The Morgan fingerprint density at radius 1 is 0.886 bits per heavy atom. The monoisotopic (exact) mass is 475 g/mol. The molecule has 0 aliphatic carbocycles. The summed E-state index contributed by atoms with van der Waals surface area (Å²) in [4.78, 5) is 37.2. The van der Waals surface area contributed by atoms with E-state index >= 15 is 0 Å². The number of carbonyl (C=O) groups excluding carboxylic acids is 3. The Bertz CT molecular complexity index is 1180. The van der Waals surface area contributed by atoms with E-state index in [1.807, 2.05) is 62.4 Å². The zero-order chi connectivity index (χ0) is 25.5. The van der Waals surface area contributed by atoms with E-state index in [9.17, 15) is 14.4 Å². The van der Waals surface area contributed by atoms with Crippen LogP contribution in [0.4, 0.5) is 0 Å². The van der Waals surface area contributed by atoms with E-state index in [0.717, 1.165) is 11.1 Å². The van der Waals surface area contributed by atoms with Gasteiger partial charge in [0.15, 0.2) is 5.76 Å². The summed E-state index contributed by atoms with van der Waals surface area (Å²) in [6.07, 6.45) is 0. The van der Waals surface area contributed by atoms with Gasteiger partial charge in [0, 0.05) is 24.7 Å². The molecule has 0 bridgehead atoms. The van der Waals surface area contributed by atoms with E-state index in [1.54, 1.807) is 12.1 Å². The number of rotatable bonds is 9. The molecule has 1 aromatic heterocycles. The van der Waals surface area contributed by atoms with Crippen LogP contribution in [0.2, 0.25) is 0 Å². The fraction of sp³-hybridized carbons (Fsp3) is 0.321. The lowest BCUT2D eigenvalue weighted by atomic mass is 10.0. The SMILES string of the molecule is CNC(=O)C(NC(=O)c1ccc(-c2cccc(CNC(=O)c3ccc(C(C)C)cc3)c2)o1)C(C)C. The third-order valence-electron chi connectivity index (χ3n) is 5.82. The normalized spacial score (nSPS) is 11.9. The van der Waals surface area contributed by atoms with Gasteiger partial charge in [-0.25, -0.2) is 0 Å². The van der Waals surface area contributed by atoms with E-state index in [2.05, 4.69) is 29.8 Å². The molecular formula is C28H33N3O4. The summed E-state index contributed by atoms with van der Waals surface area (Å²) in [6.45, 7) is 8.31. The molecule has 3 N–H and O–H groups in total. The Balaban J connectivity index is 1.65. The second-order valence-electron chi connectivity index (χ2n) is 9.13. The molecule has 3 amide bonds. The molecule has 0 aliphatic heterocycles. The van der Waals surface area contributed by atoms with Crippen LogP contribution < -0.4 is 16.0 Å². The Labute approximate surface area is 206 Å². The molecule has 35 heavy (non-hydrogen) atoms. The predicted octanol–water partition coefficient (Wildman–Crippen LogP) is 4.50. The molecule has 0 radical (unpaired) electrons. The van der Waals surface area contributed by atoms with Crippen molar-refractivity contribution in [2.75, 3.05) is 7.05 Å². The van der Waals surface area contributed by atoms with Crippen LogP contribution in [-0.2, 0) is 11.3 Å². The second-order valence-corrected chi connectivity index (χ2v) is 9.13. The summed E-state index contributed by atoms with van der Waals surface area (Å²) in [6, 6.07) is 17.8. The highest BCUT2D eigenvalue weighted by Crippen LogP contribution is 2.23. The number of nitrogens with one attached hydrogen (secondary N) is 3. The standard InChI is InChI=1S/C28H33N3O4/c1-17(2)20-9-11-21(12-10-20)26(32)30-16-19-7-6-8-22(15-19)23-13-14-24(35-23)27(33)31-25(18(3)4)28(34)29-5/h6-15,17-18,25H,16H2,1-5H3,(H,29,34)(H,30,32)(H,31,33). The molecule has 0 saturated carbocycles. The van der Waals surface area contributed by atoms with Crippen molar-refractivity contribution in [1.29, 1.82) is 0 Å². The van der Waals surface area contributed by atoms with E-state index in [1.165, 1.54) is 12.6 Å². The van der Waals surface area contributed by atoms with Crippen molar-refractivity contribution >= 4 is 17.7 Å². The molecule has 3 rings (SSSR count). The van der Waals surface area contributed by atoms with Gasteiger partial charge in [-0.15, -0.1) is 0 Å². The molecule has 3 aromatic rings. The number of furan rings is 1. The number of amides is 3. The van der Waals surface area contributed by atoms with Crippen LogP contribution in [-0.4, -0.2) is 30.8 Å². The van der Waals surface area contributed by atoms with Crippen LogP contribution in [0.3, 0.4) is 0 Å². The molecular weight excluding hydrogens is 442 g/mol. The van der Waals surface area contributed by atoms with Gasteiger partial charge in [-0.05, 0) is 53.3 Å². The molecule has 7 heteroatoms. The summed E-state index contributed by atoms with van der Waals surface area (Å²) in [5.41, 5.74) is 3.48. The molecule has 7 nitrogen and oxygen atoms in total. The Hall–Kier alpha value is -3.87. The first kappa shape index (κ1) is 25.7. The number of likely N-dealkylation sites (N-methyl/N-ethyl adjacent to an activating group) is 1. The molecule has 1 atom stereocenters. The van der Waals surface area contributed by atoms with E-state index in [-0.39, 0.29) is 23.5 Å². The van der Waals surface area contributed by atoms with Gasteiger partial charge in [0.05, 0.1) is 0 Å². The van der Waals surface area contributed by atoms with Crippen molar-refractivity contribution in [3.8, 4) is 11.3 Å². The molecule has 1 unspecified atom stereocenters. The Morgan fingerprint density at radius 2 is 1.60 bits per heavy atom. The third-order valence-corrected chi connectivity index (χ3v) is 5.82. The van der Waals surface area contributed by atoms with Crippen LogP contribution >= 0.6 is 0 Å². The van der Waals surface area contributed by atoms with Crippen molar-refractivity contribution in [3.05, 3.63) is 83.1 Å². The van der Waals surface area contributed by atoms with Crippen LogP contribution in [0.25, 0.3) is 11.3 Å². The highest BCUT2D eigenvalue weighted by molar-refractivity contribution is 5.96.